The van der Waals surface area contributed by atoms with E-state index in [1.807, 2.05) is 0 Å². The summed E-state index contributed by atoms with van der Waals surface area (Å²) < 4.78 is 0. The second-order valence-electron chi connectivity index (χ2n) is 3.53. The summed E-state index contributed by atoms with van der Waals surface area (Å²) in [6, 6.07) is 6.06. The Labute approximate surface area is 105 Å². The molecule has 2 rings (SSSR count). The summed E-state index contributed by atoms with van der Waals surface area (Å²) in [5.41, 5.74) is 0.702. The van der Waals surface area contributed by atoms with Gasteiger partial charge in [-0.25, -0.2) is 5.26 Å². The first-order chi connectivity index (χ1) is 8.17. The standard InChI is InChI=1S/C11H10BrNO4/c12-5-8(14)6-1-3-9(17-16)11-7(6)2-4-10(15)13-11/h1-4,8,14,16H,5H2,(H,13,15)/t8-/m0/s1. The van der Waals surface area contributed by atoms with Crippen molar-refractivity contribution in [2.75, 3.05) is 5.33 Å². The molecule has 6 heteroatoms. The zero-order valence-electron chi connectivity index (χ0n) is 8.68. The number of aliphatic hydroxyl groups is 1. The number of H-pyrrole nitrogens is 1. The number of rotatable bonds is 3. The van der Waals surface area contributed by atoms with Crippen LogP contribution in [0.2, 0.25) is 0 Å². The van der Waals surface area contributed by atoms with Gasteiger partial charge >= 0.3 is 0 Å². The summed E-state index contributed by atoms with van der Waals surface area (Å²) in [5, 5.41) is 19.5. The molecule has 1 aromatic carbocycles. The van der Waals surface area contributed by atoms with Crippen LogP contribution in [0.25, 0.3) is 10.9 Å². The van der Waals surface area contributed by atoms with E-state index in [1.54, 1.807) is 12.1 Å². The summed E-state index contributed by atoms with van der Waals surface area (Å²) in [4.78, 5) is 18.0. The molecule has 0 unspecified atom stereocenters. The number of fused-ring (bicyclic) bond motifs is 1. The van der Waals surface area contributed by atoms with Crippen molar-refractivity contribution in [2.24, 2.45) is 0 Å². The largest absolute Gasteiger partial charge is 0.388 e. The van der Waals surface area contributed by atoms with Gasteiger partial charge in [0.2, 0.25) is 5.56 Å². The van der Waals surface area contributed by atoms with E-state index in [9.17, 15) is 9.90 Å². The van der Waals surface area contributed by atoms with Crippen LogP contribution in [0.3, 0.4) is 0 Å². The zero-order valence-corrected chi connectivity index (χ0v) is 10.3. The summed E-state index contributed by atoms with van der Waals surface area (Å²) in [6.07, 6.45) is -0.698. The number of aromatic nitrogens is 1. The van der Waals surface area contributed by atoms with Crippen LogP contribution in [0.1, 0.15) is 11.7 Å². The van der Waals surface area contributed by atoms with Gasteiger partial charge in [-0.05, 0) is 17.7 Å². The van der Waals surface area contributed by atoms with Crippen molar-refractivity contribution in [1.82, 2.24) is 4.98 Å². The molecule has 17 heavy (non-hydrogen) atoms. The Morgan fingerprint density at radius 3 is 2.76 bits per heavy atom. The number of pyridine rings is 1. The van der Waals surface area contributed by atoms with Crippen LogP contribution < -0.4 is 10.4 Å². The first-order valence-corrected chi connectivity index (χ1v) is 6.01. The van der Waals surface area contributed by atoms with Gasteiger partial charge < -0.3 is 15.0 Å². The van der Waals surface area contributed by atoms with E-state index in [0.29, 0.717) is 21.8 Å². The summed E-state index contributed by atoms with van der Waals surface area (Å²) in [6.45, 7) is 0. The van der Waals surface area contributed by atoms with E-state index in [4.69, 9.17) is 5.26 Å². The second-order valence-corrected chi connectivity index (χ2v) is 4.17. The Morgan fingerprint density at radius 2 is 2.12 bits per heavy atom. The van der Waals surface area contributed by atoms with Gasteiger partial charge in [0.15, 0.2) is 5.75 Å². The Morgan fingerprint density at radius 1 is 1.35 bits per heavy atom. The first kappa shape index (κ1) is 12.1. The van der Waals surface area contributed by atoms with Crippen LogP contribution in [0.4, 0.5) is 0 Å². The number of aliphatic hydroxyl groups excluding tert-OH is 1. The van der Waals surface area contributed by atoms with Crippen LogP contribution in [0.15, 0.2) is 29.1 Å². The van der Waals surface area contributed by atoms with E-state index in [1.165, 1.54) is 12.1 Å². The number of hydrogen-bond acceptors (Lipinski definition) is 4. The van der Waals surface area contributed by atoms with Gasteiger partial charge in [0.25, 0.3) is 0 Å². The lowest BCUT2D eigenvalue weighted by molar-refractivity contribution is -0.136. The minimum Gasteiger partial charge on any atom is -0.388 e. The van der Waals surface area contributed by atoms with Gasteiger partial charge in [0.1, 0.15) is 0 Å². The summed E-state index contributed by atoms with van der Waals surface area (Å²) >= 11 is 3.18. The van der Waals surface area contributed by atoms with Crippen molar-refractivity contribution in [2.45, 2.75) is 6.10 Å². The topological polar surface area (TPSA) is 82.6 Å². The maximum absolute atomic E-state index is 11.2. The Hall–Kier alpha value is -1.37. The third-order valence-corrected chi connectivity index (χ3v) is 3.11. The maximum Gasteiger partial charge on any atom is 0.248 e. The van der Waals surface area contributed by atoms with E-state index in [-0.39, 0.29) is 11.3 Å². The predicted octanol–water partition coefficient (Wildman–Crippen LogP) is 1.81. The average molecular weight is 300 g/mol. The van der Waals surface area contributed by atoms with E-state index >= 15 is 0 Å². The van der Waals surface area contributed by atoms with Gasteiger partial charge in [0.05, 0.1) is 11.6 Å². The van der Waals surface area contributed by atoms with E-state index < -0.39 is 6.10 Å². The molecule has 5 nitrogen and oxygen atoms in total. The molecule has 0 saturated carbocycles. The highest BCUT2D eigenvalue weighted by Gasteiger charge is 2.13. The molecule has 0 aliphatic rings. The molecule has 1 heterocycles. The highest BCUT2D eigenvalue weighted by Crippen LogP contribution is 2.29. The van der Waals surface area contributed by atoms with Crippen molar-refractivity contribution in [3.05, 3.63) is 40.2 Å². The summed E-state index contributed by atoms with van der Waals surface area (Å²) in [5.74, 6) is 0.142. The third-order valence-electron chi connectivity index (χ3n) is 2.49. The van der Waals surface area contributed by atoms with Crippen LogP contribution in [-0.4, -0.2) is 20.7 Å². The molecule has 0 saturated heterocycles. The summed E-state index contributed by atoms with van der Waals surface area (Å²) in [7, 11) is 0. The molecule has 1 aromatic heterocycles. The monoisotopic (exact) mass is 299 g/mol. The molecule has 0 amide bonds. The number of nitrogens with one attached hydrogen (secondary N) is 1. The Bertz CT molecular complexity index is 596. The third kappa shape index (κ3) is 2.19. The second kappa shape index (κ2) is 4.87. The molecule has 0 radical (unpaired) electrons. The Kier molecular flexibility index (Phi) is 3.46. The quantitative estimate of drug-likeness (QED) is 0.458. The van der Waals surface area contributed by atoms with Gasteiger partial charge in [-0.3, -0.25) is 4.79 Å². The van der Waals surface area contributed by atoms with Crippen molar-refractivity contribution < 1.29 is 15.3 Å². The number of benzene rings is 1. The highest BCUT2D eigenvalue weighted by atomic mass is 79.9. The molecule has 0 spiro atoms. The average Bonchev–Trinajstić information content (AvgIpc) is 2.36. The molecule has 0 aliphatic carbocycles. The lowest BCUT2D eigenvalue weighted by atomic mass is 10.0. The van der Waals surface area contributed by atoms with Crippen molar-refractivity contribution in [1.29, 1.82) is 0 Å². The number of halogens is 1. The highest BCUT2D eigenvalue weighted by molar-refractivity contribution is 9.09. The molecule has 3 N–H and O–H groups in total. The molecule has 90 valence electrons. The number of hydrogen-bond donors (Lipinski definition) is 3. The van der Waals surface area contributed by atoms with E-state index in [2.05, 4.69) is 25.8 Å². The lowest BCUT2D eigenvalue weighted by Gasteiger charge is -2.12. The van der Waals surface area contributed by atoms with Gasteiger partial charge in [-0.1, -0.05) is 22.0 Å². The fourth-order valence-corrected chi connectivity index (χ4v) is 2.05. The molecule has 0 bridgehead atoms. The molecular formula is C11H10BrNO4. The predicted molar refractivity (Wildman–Crippen MR) is 66.6 cm³/mol. The van der Waals surface area contributed by atoms with Crippen LogP contribution in [-0.2, 0) is 0 Å². The van der Waals surface area contributed by atoms with Gasteiger partial charge in [-0.2, -0.15) is 0 Å². The van der Waals surface area contributed by atoms with Gasteiger partial charge in [-0.15, -0.1) is 0 Å². The minimum absolute atomic E-state index is 0.142. The lowest BCUT2D eigenvalue weighted by Crippen LogP contribution is -2.07. The zero-order chi connectivity index (χ0) is 12.4. The van der Waals surface area contributed by atoms with Crippen LogP contribution >= 0.6 is 15.9 Å². The fraction of sp³-hybridized carbons (Fsp3) is 0.182. The van der Waals surface area contributed by atoms with Gasteiger partial charge in [0, 0.05) is 16.8 Å². The van der Waals surface area contributed by atoms with E-state index in [0.717, 1.165) is 0 Å². The number of aromatic amines is 1. The molecule has 1 atom stereocenters. The van der Waals surface area contributed by atoms with Crippen LogP contribution in [0, 0.1) is 0 Å². The minimum atomic E-state index is -0.698. The molecule has 0 fully saturated rings. The molecular weight excluding hydrogens is 290 g/mol. The fourth-order valence-electron chi connectivity index (χ4n) is 1.70. The number of alkyl halides is 1. The molecule has 2 aromatic rings. The first-order valence-electron chi connectivity index (χ1n) is 4.88. The normalized spacial score (nSPS) is 12.6. The Balaban J connectivity index is 2.77. The van der Waals surface area contributed by atoms with Crippen molar-refractivity contribution in [3.8, 4) is 5.75 Å². The van der Waals surface area contributed by atoms with Crippen molar-refractivity contribution in [3.63, 3.8) is 0 Å². The van der Waals surface area contributed by atoms with Crippen molar-refractivity contribution >= 4 is 26.8 Å². The molecule has 0 aliphatic heterocycles. The van der Waals surface area contributed by atoms with Crippen LogP contribution in [0.5, 0.6) is 5.75 Å². The maximum atomic E-state index is 11.2. The smallest absolute Gasteiger partial charge is 0.248 e. The SMILES string of the molecule is O=c1ccc2c([C@@H](O)CBr)ccc(OO)c2[nH]1.